The summed E-state index contributed by atoms with van der Waals surface area (Å²) in [5, 5.41) is 6.41. The van der Waals surface area contributed by atoms with E-state index in [-0.39, 0.29) is 23.7 Å². The summed E-state index contributed by atoms with van der Waals surface area (Å²) < 4.78 is 13.6. The van der Waals surface area contributed by atoms with Crippen molar-refractivity contribution in [1.82, 2.24) is 10.6 Å². The molecule has 0 bridgehead atoms. The smallest absolute Gasteiger partial charge is 0.246 e. The van der Waals surface area contributed by atoms with Gasteiger partial charge in [-0.2, -0.15) is 0 Å². The van der Waals surface area contributed by atoms with Gasteiger partial charge in [0.25, 0.3) is 0 Å². The number of carbonyl (C=O) groups is 1. The number of guanidine groups is 1. The van der Waals surface area contributed by atoms with Crippen LogP contribution in [0, 0.1) is 5.82 Å². The molecule has 0 spiro atoms. The molecule has 1 heterocycles. The standard InChI is InChI=1S/C22H25FN4O/c1-24-21(26-15-22(10-11-22)17-6-4-7-18(23)13-17)25-14-20(28)27-12-9-16-5-2-3-8-19(16)27/h2-8,13H,9-12,14-15H2,1H3,(H2,24,25,26). The number of nitrogens with zero attached hydrogens (tertiary/aromatic N) is 2. The summed E-state index contributed by atoms with van der Waals surface area (Å²) in [7, 11) is 1.69. The zero-order valence-corrected chi connectivity index (χ0v) is 16.0. The summed E-state index contributed by atoms with van der Waals surface area (Å²) in [5.41, 5.74) is 3.18. The van der Waals surface area contributed by atoms with Gasteiger partial charge in [0.15, 0.2) is 5.96 Å². The Bertz CT molecular complexity index is 907. The first-order valence-electron chi connectivity index (χ1n) is 9.70. The fourth-order valence-electron chi connectivity index (χ4n) is 3.86. The second-order valence-electron chi connectivity index (χ2n) is 7.49. The van der Waals surface area contributed by atoms with Crippen molar-refractivity contribution < 1.29 is 9.18 Å². The average Bonchev–Trinajstić information content (AvgIpc) is 3.39. The SMILES string of the molecule is CN=C(NCC(=O)N1CCc2ccccc21)NCC1(c2cccc(F)c2)CC1. The van der Waals surface area contributed by atoms with Gasteiger partial charge in [-0.3, -0.25) is 9.79 Å². The van der Waals surface area contributed by atoms with Gasteiger partial charge >= 0.3 is 0 Å². The van der Waals surface area contributed by atoms with E-state index in [1.165, 1.54) is 11.6 Å². The number of nitrogens with one attached hydrogen (secondary N) is 2. The van der Waals surface area contributed by atoms with E-state index in [1.807, 2.05) is 29.2 Å². The lowest BCUT2D eigenvalue weighted by atomic mass is 9.96. The molecule has 0 aromatic heterocycles. The van der Waals surface area contributed by atoms with E-state index in [2.05, 4.69) is 21.7 Å². The molecule has 5 nitrogen and oxygen atoms in total. The molecule has 1 aliphatic heterocycles. The number of para-hydroxylation sites is 1. The van der Waals surface area contributed by atoms with Gasteiger partial charge in [-0.15, -0.1) is 0 Å². The molecule has 2 aliphatic rings. The number of benzene rings is 2. The van der Waals surface area contributed by atoms with Crippen LogP contribution in [0.15, 0.2) is 53.5 Å². The Labute approximate surface area is 164 Å². The minimum atomic E-state index is -0.206. The number of amides is 1. The third kappa shape index (κ3) is 3.72. The maximum absolute atomic E-state index is 13.6. The maximum Gasteiger partial charge on any atom is 0.246 e. The molecular formula is C22H25FN4O. The van der Waals surface area contributed by atoms with Crippen molar-refractivity contribution >= 4 is 17.6 Å². The summed E-state index contributed by atoms with van der Waals surface area (Å²) in [6.45, 7) is 1.56. The molecule has 0 unspecified atom stereocenters. The van der Waals surface area contributed by atoms with Crippen molar-refractivity contribution in [3.63, 3.8) is 0 Å². The van der Waals surface area contributed by atoms with E-state index in [9.17, 15) is 9.18 Å². The number of anilines is 1. The first kappa shape index (κ1) is 18.5. The molecule has 2 aromatic rings. The number of halogens is 1. The molecule has 2 aromatic carbocycles. The molecule has 1 saturated carbocycles. The topological polar surface area (TPSA) is 56.7 Å². The number of hydrogen-bond acceptors (Lipinski definition) is 2. The largest absolute Gasteiger partial charge is 0.356 e. The van der Waals surface area contributed by atoms with E-state index in [4.69, 9.17) is 0 Å². The number of rotatable bonds is 5. The second kappa shape index (κ2) is 7.62. The number of carbonyl (C=O) groups excluding carboxylic acids is 1. The van der Waals surface area contributed by atoms with Gasteiger partial charge in [-0.25, -0.2) is 4.39 Å². The van der Waals surface area contributed by atoms with E-state index < -0.39 is 0 Å². The minimum Gasteiger partial charge on any atom is -0.356 e. The minimum absolute atomic E-state index is 0.0270. The van der Waals surface area contributed by atoms with Crippen molar-refractivity contribution in [3.05, 3.63) is 65.5 Å². The lowest BCUT2D eigenvalue weighted by Gasteiger charge is -2.21. The predicted octanol–water partition coefficient (Wildman–Crippen LogP) is 2.61. The normalized spacial score (nSPS) is 17.2. The highest BCUT2D eigenvalue weighted by Crippen LogP contribution is 2.47. The Morgan fingerprint density at radius 1 is 1.18 bits per heavy atom. The van der Waals surface area contributed by atoms with Gasteiger partial charge in [-0.05, 0) is 48.6 Å². The van der Waals surface area contributed by atoms with Crippen molar-refractivity contribution in [1.29, 1.82) is 0 Å². The third-order valence-electron chi connectivity index (χ3n) is 5.70. The average molecular weight is 380 g/mol. The Balaban J connectivity index is 1.32. The van der Waals surface area contributed by atoms with Gasteiger partial charge < -0.3 is 15.5 Å². The van der Waals surface area contributed by atoms with Crippen LogP contribution in [-0.2, 0) is 16.6 Å². The third-order valence-corrected chi connectivity index (χ3v) is 5.70. The molecule has 0 atom stereocenters. The highest BCUT2D eigenvalue weighted by molar-refractivity contribution is 5.98. The molecule has 1 amide bonds. The zero-order valence-electron chi connectivity index (χ0n) is 16.0. The number of fused-ring (bicyclic) bond motifs is 1. The van der Waals surface area contributed by atoms with E-state index in [0.717, 1.165) is 30.5 Å². The van der Waals surface area contributed by atoms with Crippen LogP contribution in [0.25, 0.3) is 0 Å². The van der Waals surface area contributed by atoms with Crippen molar-refractivity contribution in [2.75, 3.05) is 31.6 Å². The number of hydrogen-bond donors (Lipinski definition) is 2. The molecular weight excluding hydrogens is 355 g/mol. The maximum atomic E-state index is 13.6. The molecule has 4 rings (SSSR count). The molecule has 0 saturated heterocycles. The van der Waals surface area contributed by atoms with Crippen LogP contribution in [0.4, 0.5) is 10.1 Å². The van der Waals surface area contributed by atoms with Crippen LogP contribution in [0.1, 0.15) is 24.0 Å². The summed E-state index contributed by atoms with van der Waals surface area (Å²) >= 11 is 0. The predicted molar refractivity (Wildman–Crippen MR) is 109 cm³/mol. The molecule has 1 fully saturated rings. The monoisotopic (exact) mass is 380 g/mol. The van der Waals surface area contributed by atoms with Crippen molar-refractivity contribution in [2.45, 2.75) is 24.7 Å². The van der Waals surface area contributed by atoms with Gasteiger partial charge in [-0.1, -0.05) is 30.3 Å². The first-order valence-corrected chi connectivity index (χ1v) is 9.70. The van der Waals surface area contributed by atoms with Crippen molar-refractivity contribution in [3.8, 4) is 0 Å². The first-order chi connectivity index (χ1) is 13.6. The Morgan fingerprint density at radius 2 is 2.00 bits per heavy atom. The zero-order chi connectivity index (χ0) is 19.6. The fraction of sp³-hybridized carbons (Fsp3) is 0.364. The quantitative estimate of drug-likeness (QED) is 0.619. The van der Waals surface area contributed by atoms with E-state index >= 15 is 0 Å². The Kier molecular flexibility index (Phi) is 5.03. The summed E-state index contributed by atoms with van der Waals surface area (Å²) in [5.74, 6) is 0.408. The molecule has 146 valence electrons. The van der Waals surface area contributed by atoms with Gasteiger partial charge in [0.2, 0.25) is 5.91 Å². The highest BCUT2D eigenvalue weighted by Gasteiger charge is 2.44. The lowest BCUT2D eigenvalue weighted by molar-refractivity contribution is -0.117. The Hall–Kier alpha value is -2.89. The van der Waals surface area contributed by atoms with Gasteiger partial charge in [0.1, 0.15) is 5.82 Å². The Morgan fingerprint density at radius 3 is 2.75 bits per heavy atom. The van der Waals surface area contributed by atoms with Crippen LogP contribution in [0.5, 0.6) is 0 Å². The summed E-state index contributed by atoms with van der Waals surface area (Å²) in [4.78, 5) is 18.7. The van der Waals surface area contributed by atoms with Crippen LogP contribution >= 0.6 is 0 Å². The lowest BCUT2D eigenvalue weighted by Crippen LogP contribution is -2.46. The van der Waals surface area contributed by atoms with E-state index in [0.29, 0.717) is 19.0 Å². The van der Waals surface area contributed by atoms with Crippen LogP contribution < -0.4 is 15.5 Å². The summed E-state index contributed by atoms with van der Waals surface area (Å²) in [6.07, 6.45) is 2.93. The molecule has 6 heteroatoms. The second-order valence-corrected chi connectivity index (χ2v) is 7.49. The van der Waals surface area contributed by atoms with Crippen LogP contribution in [0.3, 0.4) is 0 Å². The number of aliphatic imine (C=N–C) groups is 1. The molecule has 28 heavy (non-hydrogen) atoms. The van der Waals surface area contributed by atoms with Crippen LogP contribution in [-0.4, -0.2) is 38.5 Å². The van der Waals surface area contributed by atoms with Crippen molar-refractivity contribution in [2.24, 2.45) is 4.99 Å². The highest BCUT2D eigenvalue weighted by atomic mass is 19.1. The molecule has 2 N–H and O–H groups in total. The van der Waals surface area contributed by atoms with Gasteiger partial charge in [0.05, 0.1) is 6.54 Å². The van der Waals surface area contributed by atoms with Crippen LogP contribution in [0.2, 0.25) is 0 Å². The molecule has 1 aliphatic carbocycles. The van der Waals surface area contributed by atoms with Gasteiger partial charge in [0, 0.05) is 31.2 Å². The summed E-state index contributed by atoms with van der Waals surface area (Å²) in [6, 6.07) is 14.8. The molecule has 0 radical (unpaired) electrons. The van der Waals surface area contributed by atoms with E-state index in [1.54, 1.807) is 19.2 Å². The fourth-order valence-corrected chi connectivity index (χ4v) is 3.86.